The largest absolute Gasteiger partial charge is 0.279 e. The fourth-order valence-corrected chi connectivity index (χ4v) is 4.22. The molecule has 0 saturated heterocycles. The predicted molar refractivity (Wildman–Crippen MR) is 129 cm³/mol. The van der Waals surface area contributed by atoms with Crippen molar-refractivity contribution in [1.29, 1.82) is 0 Å². The second-order valence-electron chi connectivity index (χ2n) is 7.45. The highest BCUT2D eigenvalue weighted by Gasteiger charge is 2.17. The number of amides is 1. The van der Waals surface area contributed by atoms with Gasteiger partial charge in [-0.1, -0.05) is 60.2 Å². The Morgan fingerprint density at radius 1 is 0.938 bits per heavy atom. The van der Waals surface area contributed by atoms with Gasteiger partial charge in [0.2, 0.25) is 0 Å². The molecule has 0 aromatic heterocycles. The van der Waals surface area contributed by atoms with Crippen molar-refractivity contribution in [3.05, 3.63) is 101 Å². The molecule has 0 heterocycles. The Morgan fingerprint density at radius 2 is 1.69 bits per heavy atom. The van der Waals surface area contributed by atoms with Gasteiger partial charge in [0.05, 0.1) is 16.8 Å². The maximum atomic E-state index is 12.8. The predicted octanol–water partition coefficient (Wildman–Crippen LogP) is 4.92. The van der Waals surface area contributed by atoms with Crippen molar-refractivity contribution in [2.45, 2.75) is 25.7 Å². The summed E-state index contributed by atoms with van der Waals surface area (Å²) in [6.07, 6.45) is 3.47. The standard InChI is InChI=1S/C25H25N3O3S/c1-18-12-13-24(20(3)14-18)28-32(30,31)23-11-7-10-22(16-23)25(29)27-26-17-19(2)15-21-8-5-4-6-9-21/h4-17,28H,1-3H3,(H,27,29). The lowest BCUT2D eigenvalue weighted by Gasteiger charge is -2.12. The molecule has 0 atom stereocenters. The van der Waals surface area contributed by atoms with E-state index in [2.05, 4.69) is 15.2 Å². The molecular formula is C25H25N3O3S. The van der Waals surface area contributed by atoms with E-state index in [4.69, 9.17) is 0 Å². The number of hydrogen-bond acceptors (Lipinski definition) is 4. The maximum absolute atomic E-state index is 12.8. The molecule has 164 valence electrons. The van der Waals surface area contributed by atoms with Gasteiger partial charge in [0, 0.05) is 5.56 Å². The molecule has 0 aliphatic heterocycles. The number of hydrazone groups is 1. The number of hydrogen-bond donors (Lipinski definition) is 2. The van der Waals surface area contributed by atoms with Gasteiger partial charge in [-0.25, -0.2) is 13.8 Å². The van der Waals surface area contributed by atoms with Crippen LogP contribution in [0.2, 0.25) is 0 Å². The molecule has 3 aromatic rings. The van der Waals surface area contributed by atoms with Crippen LogP contribution in [0.25, 0.3) is 6.08 Å². The van der Waals surface area contributed by atoms with Gasteiger partial charge < -0.3 is 0 Å². The number of benzene rings is 3. The van der Waals surface area contributed by atoms with Crippen molar-refractivity contribution in [1.82, 2.24) is 5.43 Å². The first-order chi connectivity index (χ1) is 15.2. The van der Waals surface area contributed by atoms with E-state index in [0.717, 1.165) is 22.3 Å². The van der Waals surface area contributed by atoms with Gasteiger partial charge in [-0.3, -0.25) is 9.52 Å². The normalized spacial score (nSPS) is 12.0. The topological polar surface area (TPSA) is 87.6 Å². The monoisotopic (exact) mass is 447 g/mol. The number of carbonyl (C=O) groups is 1. The van der Waals surface area contributed by atoms with E-state index in [9.17, 15) is 13.2 Å². The van der Waals surface area contributed by atoms with Crippen molar-refractivity contribution in [2.75, 3.05) is 4.72 Å². The van der Waals surface area contributed by atoms with E-state index in [1.54, 1.807) is 6.07 Å². The Morgan fingerprint density at radius 3 is 2.41 bits per heavy atom. The zero-order valence-corrected chi connectivity index (χ0v) is 19.0. The van der Waals surface area contributed by atoms with E-state index >= 15 is 0 Å². The number of nitrogens with one attached hydrogen (secondary N) is 2. The van der Waals surface area contributed by atoms with Gasteiger partial charge in [0.25, 0.3) is 15.9 Å². The molecule has 6 nitrogen and oxygen atoms in total. The molecule has 3 rings (SSSR count). The number of rotatable bonds is 7. The van der Waals surface area contributed by atoms with Gasteiger partial charge in [-0.05, 0) is 61.7 Å². The number of allylic oxidation sites excluding steroid dienone is 1. The van der Waals surface area contributed by atoms with Crippen LogP contribution in [0.3, 0.4) is 0 Å². The van der Waals surface area contributed by atoms with Gasteiger partial charge in [-0.2, -0.15) is 5.10 Å². The van der Waals surface area contributed by atoms with Crippen LogP contribution in [0.5, 0.6) is 0 Å². The smallest absolute Gasteiger partial charge is 0.271 e. The molecule has 2 N–H and O–H groups in total. The van der Waals surface area contributed by atoms with E-state index in [-0.39, 0.29) is 10.5 Å². The van der Waals surface area contributed by atoms with Crippen LogP contribution in [0.1, 0.15) is 34.0 Å². The van der Waals surface area contributed by atoms with Crippen LogP contribution in [-0.4, -0.2) is 20.5 Å². The molecular weight excluding hydrogens is 422 g/mol. The van der Waals surface area contributed by atoms with Crippen molar-refractivity contribution in [2.24, 2.45) is 5.10 Å². The highest BCUT2D eigenvalue weighted by Crippen LogP contribution is 2.21. The molecule has 0 fully saturated rings. The lowest BCUT2D eigenvalue weighted by atomic mass is 10.1. The molecule has 1 amide bonds. The van der Waals surface area contributed by atoms with E-state index < -0.39 is 15.9 Å². The third kappa shape index (κ3) is 6.15. The minimum Gasteiger partial charge on any atom is -0.279 e. The SMILES string of the molecule is CC(C=NNC(=O)c1cccc(S(=O)(=O)Nc2ccc(C)cc2C)c1)=Cc1ccccc1. The summed E-state index contributed by atoms with van der Waals surface area (Å²) in [5.74, 6) is -0.502. The summed E-state index contributed by atoms with van der Waals surface area (Å²) in [6, 6.07) is 21.0. The van der Waals surface area contributed by atoms with Crippen LogP contribution < -0.4 is 10.1 Å². The first-order valence-corrected chi connectivity index (χ1v) is 11.5. The lowest BCUT2D eigenvalue weighted by molar-refractivity contribution is 0.0955. The van der Waals surface area contributed by atoms with Gasteiger partial charge in [0.15, 0.2) is 0 Å². The summed E-state index contributed by atoms with van der Waals surface area (Å²) in [5, 5.41) is 3.97. The fourth-order valence-electron chi connectivity index (χ4n) is 3.04. The first-order valence-electron chi connectivity index (χ1n) is 10.0. The fraction of sp³-hybridized carbons (Fsp3) is 0.120. The summed E-state index contributed by atoms with van der Waals surface area (Å²) in [6.45, 7) is 5.64. The van der Waals surface area contributed by atoms with Gasteiger partial charge in [0.1, 0.15) is 0 Å². The molecule has 0 unspecified atom stereocenters. The molecule has 3 aromatic carbocycles. The summed E-state index contributed by atoms with van der Waals surface area (Å²) < 4.78 is 28.2. The van der Waals surface area contributed by atoms with E-state index in [1.807, 2.05) is 69.3 Å². The molecule has 32 heavy (non-hydrogen) atoms. The second-order valence-corrected chi connectivity index (χ2v) is 9.13. The first kappa shape index (κ1) is 23.0. The average Bonchev–Trinajstić information content (AvgIpc) is 2.76. The van der Waals surface area contributed by atoms with Crippen LogP contribution in [0.4, 0.5) is 5.69 Å². The number of aryl methyl sites for hydroxylation is 2. The Bertz CT molecular complexity index is 1280. The number of sulfonamides is 1. The molecule has 0 spiro atoms. The maximum Gasteiger partial charge on any atom is 0.271 e. The summed E-state index contributed by atoms with van der Waals surface area (Å²) in [7, 11) is -3.85. The molecule has 0 aliphatic carbocycles. The second kappa shape index (κ2) is 10.1. The van der Waals surface area contributed by atoms with Crippen LogP contribution in [-0.2, 0) is 10.0 Å². The van der Waals surface area contributed by atoms with Crippen molar-refractivity contribution < 1.29 is 13.2 Å². The highest BCUT2D eigenvalue weighted by atomic mass is 32.2. The third-order valence-corrected chi connectivity index (χ3v) is 6.02. The molecule has 0 saturated carbocycles. The number of carbonyl (C=O) groups excluding carboxylic acids is 1. The minimum atomic E-state index is -3.85. The Labute approximate surface area is 188 Å². The summed E-state index contributed by atoms with van der Waals surface area (Å²) >= 11 is 0. The van der Waals surface area contributed by atoms with Crippen LogP contribution >= 0.6 is 0 Å². The van der Waals surface area contributed by atoms with Gasteiger partial charge in [-0.15, -0.1) is 0 Å². The lowest BCUT2D eigenvalue weighted by Crippen LogP contribution is -2.19. The third-order valence-electron chi connectivity index (χ3n) is 4.66. The molecule has 7 heteroatoms. The number of nitrogens with zero attached hydrogens (tertiary/aromatic N) is 1. The van der Waals surface area contributed by atoms with Crippen LogP contribution in [0.15, 0.2) is 88.4 Å². The number of anilines is 1. The molecule has 0 bridgehead atoms. The van der Waals surface area contributed by atoms with Crippen LogP contribution in [0, 0.1) is 13.8 Å². The highest BCUT2D eigenvalue weighted by molar-refractivity contribution is 7.92. The van der Waals surface area contributed by atoms with E-state index in [1.165, 1.54) is 30.5 Å². The van der Waals surface area contributed by atoms with Crippen molar-refractivity contribution in [3.8, 4) is 0 Å². The summed E-state index contributed by atoms with van der Waals surface area (Å²) in [4.78, 5) is 12.4. The molecule has 0 radical (unpaired) electrons. The van der Waals surface area contributed by atoms with Crippen molar-refractivity contribution >= 4 is 33.9 Å². The average molecular weight is 448 g/mol. The van der Waals surface area contributed by atoms with Crippen molar-refractivity contribution in [3.63, 3.8) is 0 Å². The minimum absolute atomic E-state index is 0.00532. The Hall–Kier alpha value is -3.71. The Kier molecular flexibility index (Phi) is 7.22. The quantitative estimate of drug-likeness (QED) is 0.398. The zero-order chi connectivity index (χ0) is 23.1. The zero-order valence-electron chi connectivity index (χ0n) is 18.2. The van der Waals surface area contributed by atoms with Gasteiger partial charge >= 0.3 is 0 Å². The summed E-state index contributed by atoms with van der Waals surface area (Å²) in [5.41, 5.74) is 6.85. The van der Waals surface area contributed by atoms with E-state index in [0.29, 0.717) is 5.69 Å². The Balaban J connectivity index is 1.70. The molecule has 0 aliphatic rings.